The van der Waals surface area contributed by atoms with Crippen molar-refractivity contribution < 1.29 is 24.3 Å². The molecule has 7 heteroatoms. The molecular formula is C23H17N2O5-. The third kappa shape index (κ3) is 2.66. The predicted molar refractivity (Wildman–Crippen MR) is 105 cm³/mol. The molecule has 0 spiro atoms. The second kappa shape index (κ2) is 6.66. The first kappa shape index (κ1) is 18.3. The van der Waals surface area contributed by atoms with Crippen molar-refractivity contribution in [1.82, 2.24) is 0 Å². The quantitative estimate of drug-likeness (QED) is 0.619. The number of fused-ring (bicyclic) bond motifs is 5. The van der Waals surface area contributed by atoms with Crippen molar-refractivity contribution >= 4 is 35.1 Å². The minimum atomic E-state index is -1.39. The number of para-hydroxylation sites is 1. The number of rotatable bonds is 4. The van der Waals surface area contributed by atoms with Gasteiger partial charge in [0.25, 0.3) is 5.91 Å². The summed E-state index contributed by atoms with van der Waals surface area (Å²) in [7, 11) is 0. The summed E-state index contributed by atoms with van der Waals surface area (Å²) in [6, 6.07) is 12.1. The van der Waals surface area contributed by atoms with Gasteiger partial charge in [-0.25, -0.2) is 0 Å². The Labute approximate surface area is 172 Å². The summed E-state index contributed by atoms with van der Waals surface area (Å²) in [5.41, 5.74) is 0.719. The number of anilines is 2. The number of amides is 3. The molecule has 1 aliphatic heterocycles. The normalized spacial score (nSPS) is 26.2. The van der Waals surface area contributed by atoms with Gasteiger partial charge in [-0.15, -0.1) is 0 Å². The molecule has 30 heavy (non-hydrogen) atoms. The average molecular weight is 401 g/mol. The Morgan fingerprint density at radius 1 is 0.900 bits per heavy atom. The van der Waals surface area contributed by atoms with Crippen LogP contribution in [0.4, 0.5) is 11.4 Å². The van der Waals surface area contributed by atoms with E-state index in [0.29, 0.717) is 5.69 Å². The molecule has 2 aromatic rings. The zero-order valence-corrected chi connectivity index (χ0v) is 15.8. The summed E-state index contributed by atoms with van der Waals surface area (Å²) in [5.74, 6) is -2.54. The van der Waals surface area contributed by atoms with Gasteiger partial charge in [0.15, 0.2) is 0 Å². The van der Waals surface area contributed by atoms with Crippen molar-refractivity contribution in [2.24, 2.45) is 23.7 Å². The number of nitrogens with one attached hydrogen (secondary N) is 1. The van der Waals surface area contributed by atoms with Gasteiger partial charge in [-0.3, -0.25) is 19.3 Å². The average Bonchev–Trinajstić information content (AvgIpc) is 3.42. The maximum absolute atomic E-state index is 12.9. The fourth-order valence-electron chi connectivity index (χ4n) is 4.88. The number of nitrogens with zero attached hydrogens (tertiary/aromatic N) is 1. The van der Waals surface area contributed by atoms with Gasteiger partial charge in [-0.1, -0.05) is 30.4 Å². The largest absolute Gasteiger partial charge is 0.545 e. The number of allylic oxidation sites excluding steroid dienone is 2. The van der Waals surface area contributed by atoms with E-state index in [4.69, 9.17) is 0 Å². The van der Waals surface area contributed by atoms with Gasteiger partial charge in [0.05, 0.1) is 29.2 Å². The fraction of sp³-hybridized carbons (Fsp3) is 0.217. The molecule has 3 amide bonds. The highest BCUT2D eigenvalue weighted by atomic mass is 16.4. The van der Waals surface area contributed by atoms with Gasteiger partial charge in [0, 0.05) is 11.1 Å². The van der Waals surface area contributed by atoms with Crippen LogP contribution in [0.25, 0.3) is 0 Å². The number of hydrogen-bond acceptors (Lipinski definition) is 5. The van der Waals surface area contributed by atoms with Crippen LogP contribution in [0.3, 0.4) is 0 Å². The summed E-state index contributed by atoms with van der Waals surface area (Å²) in [6.45, 7) is 0. The van der Waals surface area contributed by atoms with Crippen LogP contribution < -0.4 is 15.3 Å². The van der Waals surface area contributed by atoms with E-state index in [1.54, 1.807) is 18.2 Å². The number of benzene rings is 2. The van der Waals surface area contributed by atoms with Gasteiger partial charge in [0.1, 0.15) is 0 Å². The molecule has 3 aliphatic rings. The van der Waals surface area contributed by atoms with Crippen molar-refractivity contribution in [1.29, 1.82) is 0 Å². The molecule has 1 heterocycles. The molecule has 2 bridgehead atoms. The van der Waals surface area contributed by atoms with Crippen LogP contribution in [-0.2, 0) is 9.59 Å². The number of imide groups is 1. The van der Waals surface area contributed by atoms with Crippen molar-refractivity contribution in [3.8, 4) is 0 Å². The van der Waals surface area contributed by atoms with E-state index in [-0.39, 0.29) is 52.3 Å². The van der Waals surface area contributed by atoms with E-state index < -0.39 is 11.9 Å². The van der Waals surface area contributed by atoms with E-state index >= 15 is 0 Å². The maximum atomic E-state index is 12.9. The lowest BCUT2D eigenvalue weighted by molar-refractivity contribution is -0.254. The van der Waals surface area contributed by atoms with Crippen LogP contribution >= 0.6 is 0 Å². The standard InChI is InChI=1S/C23H18N2O5/c26-20(24-17-4-2-1-3-16(17)23(29)30)12-7-9-15(10-8-12)25-21(27)18-13-5-6-14(11-13)19(18)22(25)28/h1-10,13-14,18-19H,11H2,(H,24,26)(H,29,30)/p-1/t13-,14+,18+,19-. The number of carbonyl (C=O) groups is 4. The van der Waals surface area contributed by atoms with Gasteiger partial charge >= 0.3 is 0 Å². The molecule has 1 saturated carbocycles. The summed E-state index contributed by atoms with van der Waals surface area (Å²) < 4.78 is 0. The third-order valence-electron chi connectivity index (χ3n) is 6.25. The molecule has 7 nitrogen and oxygen atoms in total. The molecule has 0 unspecified atom stereocenters. The monoisotopic (exact) mass is 401 g/mol. The summed E-state index contributed by atoms with van der Waals surface area (Å²) in [4.78, 5) is 50.7. The number of carboxylic acid groups (broad SMARTS) is 1. The van der Waals surface area contributed by atoms with E-state index in [0.717, 1.165) is 6.42 Å². The van der Waals surface area contributed by atoms with Gasteiger partial charge in [-0.2, -0.15) is 0 Å². The van der Waals surface area contributed by atoms with E-state index in [9.17, 15) is 24.3 Å². The lowest BCUT2D eigenvalue weighted by Crippen LogP contribution is -2.32. The Morgan fingerprint density at radius 3 is 2.10 bits per heavy atom. The first-order valence-corrected chi connectivity index (χ1v) is 9.73. The maximum Gasteiger partial charge on any atom is 0.255 e. The van der Waals surface area contributed by atoms with Crippen molar-refractivity contribution in [2.75, 3.05) is 10.2 Å². The highest BCUT2D eigenvalue weighted by Gasteiger charge is 2.59. The number of carbonyl (C=O) groups excluding carboxylic acids is 4. The second-order valence-corrected chi connectivity index (χ2v) is 7.85. The Hall–Kier alpha value is -3.74. The molecule has 1 N–H and O–H groups in total. The summed E-state index contributed by atoms with van der Waals surface area (Å²) >= 11 is 0. The first-order chi connectivity index (χ1) is 14.5. The SMILES string of the molecule is O=C(Nc1ccccc1C(=O)[O-])c1ccc(N2C(=O)[C@@H]3[C@H](C2=O)[C@H]2C=C[C@@H]3C2)cc1. The molecule has 0 radical (unpaired) electrons. The van der Waals surface area contributed by atoms with Gasteiger partial charge in [0.2, 0.25) is 11.8 Å². The molecule has 2 aliphatic carbocycles. The predicted octanol–water partition coefficient (Wildman–Crippen LogP) is 1.61. The fourth-order valence-corrected chi connectivity index (χ4v) is 4.88. The van der Waals surface area contributed by atoms with Crippen molar-refractivity contribution in [2.45, 2.75) is 6.42 Å². The Morgan fingerprint density at radius 2 is 1.50 bits per heavy atom. The van der Waals surface area contributed by atoms with Crippen molar-refractivity contribution in [3.63, 3.8) is 0 Å². The lowest BCUT2D eigenvalue weighted by atomic mass is 9.85. The topological polar surface area (TPSA) is 107 Å². The molecule has 1 saturated heterocycles. The van der Waals surface area contributed by atoms with Crippen LogP contribution in [0.5, 0.6) is 0 Å². The molecule has 4 atom stereocenters. The molecule has 2 aromatic carbocycles. The summed E-state index contributed by atoms with van der Waals surface area (Å²) in [6.07, 6.45) is 4.95. The number of hydrogen-bond donors (Lipinski definition) is 1. The zero-order chi connectivity index (χ0) is 21.0. The van der Waals surface area contributed by atoms with Crippen molar-refractivity contribution in [3.05, 3.63) is 71.8 Å². The van der Waals surface area contributed by atoms with Crippen LogP contribution in [0.2, 0.25) is 0 Å². The number of aromatic carboxylic acids is 1. The Balaban J connectivity index is 1.35. The minimum Gasteiger partial charge on any atom is -0.545 e. The highest BCUT2D eigenvalue weighted by Crippen LogP contribution is 2.53. The lowest BCUT2D eigenvalue weighted by Gasteiger charge is -2.17. The van der Waals surface area contributed by atoms with Gasteiger partial charge < -0.3 is 15.2 Å². The first-order valence-electron chi connectivity index (χ1n) is 9.73. The van der Waals surface area contributed by atoms with E-state index in [1.807, 2.05) is 12.2 Å². The van der Waals surface area contributed by atoms with Gasteiger partial charge in [-0.05, 0) is 48.6 Å². The second-order valence-electron chi connectivity index (χ2n) is 7.85. The van der Waals surface area contributed by atoms with E-state index in [2.05, 4.69) is 5.32 Å². The molecule has 150 valence electrons. The molecule has 0 aromatic heterocycles. The third-order valence-corrected chi connectivity index (χ3v) is 6.25. The number of carboxylic acids is 1. The smallest absolute Gasteiger partial charge is 0.255 e. The Kier molecular flexibility index (Phi) is 4.06. The van der Waals surface area contributed by atoms with Crippen LogP contribution in [0, 0.1) is 23.7 Å². The molecule has 2 fully saturated rings. The zero-order valence-electron chi connectivity index (χ0n) is 15.8. The Bertz CT molecular complexity index is 1090. The molecule has 5 rings (SSSR count). The van der Waals surface area contributed by atoms with Crippen LogP contribution in [0.15, 0.2) is 60.7 Å². The highest BCUT2D eigenvalue weighted by molar-refractivity contribution is 6.23. The van der Waals surface area contributed by atoms with Crippen LogP contribution in [-0.4, -0.2) is 23.7 Å². The minimum absolute atomic E-state index is 0.120. The summed E-state index contributed by atoms with van der Waals surface area (Å²) in [5, 5.41) is 13.7. The van der Waals surface area contributed by atoms with E-state index in [1.165, 1.54) is 35.2 Å². The van der Waals surface area contributed by atoms with Crippen LogP contribution in [0.1, 0.15) is 27.1 Å². The molecular weight excluding hydrogens is 384 g/mol.